The van der Waals surface area contributed by atoms with Gasteiger partial charge in [-0.25, -0.2) is 0 Å². The molecule has 4 nitrogen and oxygen atoms in total. The van der Waals surface area contributed by atoms with Gasteiger partial charge in [-0.15, -0.1) is 0 Å². The number of benzene rings is 1. The molecule has 1 aromatic heterocycles. The number of ether oxygens (including phenoxy) is 2. The molecule has 0 amide bonds. The van der Waals surface area contributed by atoms with E-state index in [1.54, 1.807) is 6.20 Å². The number of aromatic nitrogens is 2. The second kappa shape index (κ2) is 3.89. The lowest BCUT2D eigenvalue weighted by Crippen LogP contribution is -2.15. The van der Waals surface area contributed by atoms with Gasteiger partial charge in [-0.3, -0.25) is 4.68 Å². The summed E-state index contributed by atoms with van der Waals surface area (Å²) in [7, 11) is 0. The van der Waals surface area contributed by atoms with Gasteiger partial charge in [0.15, 0.2) is 11.5 Å². The Hall–Kier alpha value is -1.97. The van der Waals surface area contributed by atoms with E-state index < -0.39 is 0 Å². The summed E-state index contributed by atoms with van der Waals surface area (Å²) >= 11 is 0. The third kappa shape index (κ3) is 1.74. The SMILES string of the molecule is c1cnn(Cc2ccc3c(c2)OCCO3)c1. The smallest absolute Gasteiger partial charge is 0.161 e. The Labute approximate surface area is 93.4 Å². The van der Waals surface area contributed by atoms with Gasteiger partial charge in [-0.1, -0.05) is 6.07 Å². The zero-order chi connectivity index (χ0) is 10.8. The van der Waals surface area contributed by atoms with Crippen LogP contribution in [0.3, 0.4) is 0 Å². The van der Waals surface area contributed by atoms with Gasteiger partial charge < -0.3 is 9.47 Å². The van der Waals surface area contributed by atoms with Crippen molar-refractivity contribution in [3.05, 3.63) is 42.2 Å². The molecule has 0 aliphatic carbocycles. The van der Waals surface area contributed by atoms with Gasteiger partial charge in [0.25, 0.3) is 0 Å². The standard InChI is InChI=1S/C12H12N2O2/c1-4-13-14(5-1)9-10-2-3-11-12(8-10)16-7-6-15-11/h1-5,8H,6-7,9H2. The van der Waals surface area contributed by atoms with Gasteiger partial charge in [0.05, 0.1) is 6.54 Å². The predicted molar refractivity (Wildman–Crippen MR) is 58.8 cm³/mol. The summed E-state index contributed by atoms with van der Waals surface area (Å²) in [6.45, 7) is 2.01. The van der Waals surface area contributed by atoms with Crippen LogP contribution in [0, 0.1) is 0 Å². The average Bonchev–Trinajstić information content (AvgIpc) is 2.82. The van der Waals surface area contributed by atoms with Crippen molar-refractivity contribution in [2.75, 3.05) is 13.2 Å². The molecule has 1 aromatic carbocycles. The van der Waals surface area contributed by atoms with E-state index in [2.05, 4.69) is 5.10 Å². The van der Waals surface area contributed by atoms with Crippen molar-refractivity contribution in [1.29, 1.82) is 0 Å². The number of hydrogen-bond donors (Lipinski definition) is 0. The molecule has 0 saturated heterocycles. The van der Waals surface area contributed by atoms with Gasteiger partial charge in [0, 0.05) is 12.4 Å². The van der Waals surface area contributed by atoms with Crippen LogP contribution >= 0.6 is 0 Å². The highest BCUT2D eigenvalue weighted by molar-refractivity contribution is 5.43. The van der Waals surface area contributed by atoms with Crippen LogP contribution in [0.25, 0.3) is 0 Å². The molecule has 0 atom stereocenters. The minimum atomic E-state index is 0.623. The molecule has 0 saturated carbocycles. The second-order valence-corrected chi connectivity index (χ2v) is 3.68. The maximum absolute atomic E-state index is 5.53. The van der Waals surface area contributed by atoms with Gasteiger partial charge >= 0.3 is 0 Å². The van der Waals surface area contributed by atoms with Crippen LogP contribution in [-0.4, -0.2) is 23.0 Å². The Kier molecular flexibility index (Phi) is 2.25. The quantitative estimate of drug-likeness (QED) is 0.766. The Morgan fingerprint density at radius 1 is 1.19 bits per heavy atom. The van der Waals surface area contributed by atoms with Gasteiger partial charge in [-0.2, -0.15) is 5.10 Å². The summed E-state index contributed by atoms with van der Waals surface area (Å²) in [5.41, 5.74) is 1.16. The fourth-order valence-electron chi connectivity index (χ4n) is 1.77. The van der Waals surface area contributed by atoms with Crippen LogP contribution < -0.4 is 9.47 Å². The first-order chi connectivity index (χ1) is 7.92. The molecule has 3 rings (SSSR count). The summed E-state index contributed by atoms with van der Waals surface area (Å²) in [4.78, 5) is 0. The van der Waals surface area contributed by atoms with Crippen molar-refractivity contribution in [2.24, 2.45) is 0 Å². The Morgan fingerprint density at radius 2 is 2.06 bits per heavy atom. The highest BCUT2D eigenvalue weighted by Gasteiger charge is 2.11. The van der Waals surface area contributed by atoms with Crippen LogP contribution in [0.2, 0.25) is 0 Å². The molecule has 0 unspecified atom stereocenters. The molecule has 0 radical (unpaired) electrons. The van der Waals surface area contributed by atoms with E-state index in [0.29, 0.717) is 13.2 Å². The maximum Gasteiger partial charge on any atom is 0.161 e. The fourth-order valence-corrected chi connectivity index (χ4v) is 1.77. The zero-order valence-electron chi connectivity index (χ0n) is 8.80. The van der Waals surface area contributed by atoms with Gasteiger partial charge in [-0.05, 0) is 23.8 Å². The lowest BCUT2D eigenvalue weighted by molar-refractivity contribution is 0.171. The predicted octanol–water partition coefficient (Wildman–Crippen LogP) is 1.70. The summed E-state index contributed by atoms with van der Waals surface area (Å²) < 4.78 is 12.9. The van der Waals surface area contributed by atoms with Crippen LogP contribution in [0.5, 0.6) is 11.5 Å². The van der Waals surface area contributed by atoms with Crippen LogP contribution in [0.15, 0.2) is 36.7 Å². The molecule has 0 bridgehead atoms. The molecule has 82 valence electrons. The number of nitrogens with zero attached hydrogens (tertiary/aromatic N) is 2. The average molecular weight is 216 g/mol. The van der Waals surface area contributed by atoms with Crippen LogP contribution in [0.4, 0.5) is 0 Å². The largest absolute Gasteiger partial charge is 0.486 e. The van der Waals surface area contributed by atoms with Crippen LogP contribution in [0.1, 0.15) is 5.56 Å². The Morgan fingerprint density at radius 3 is 2.88 bits per heavy atom. The number of hydrogen-bond acceptors (Lipinski definition) is 3. The van der Waals surface area contributed by atoms with E-state index >= 15 is 0 Å². The van der Waals surface area contributed by atoms with Crippen molar-refractivity contribution < 1.29 is 9.47 Å². The van der Waals surface area contributed by atoms with Gasteiger partial charge in [0.2, 0.25) is 0 Å². The van der Waals surface area contributed by atoms with E-state index in [1.807, 2.05) is 35.1 Å². The number of rotatable bonds is 2. The normalized spacial score (nSPS) is 13.8. The molecule has 1 aliphatic rings. The maximum atomic E-state index is 5.53. The van der Waals surface area contributed by atoms with Crippen molar-refractivity contribution in [1.82, 2.24) is 9.78 Å². The van der Waals surface area contributed by atoms with Crippen molar-refractivity contribution in [2.45, 2.75) is 6.54 Å². The first-order valence-corrected chi connectivity index (χ1v) is 5.28. The van der Waals surface area contributed by atoms with E-state index in [9.17, 15) is 0 Å². The third-order valence-electron chi connectivity index (χ3n) is 2.51. The molecular weight excluding hydrogens is 204 g/mol. The molecule has 0 N–H and O–H groups in total. The van der Waals surface area contributed by atoms with Crippen molar-refractivity contribution in [3.63, 3.8) is 0 Å². The minimum absolute atomic E-state index is 0.623. The number of fused-ring (bicyclic) bond motifs is 1. The lowest BCUT2D eigenvalue weighted by Gasteiger charge is -2.18. The molecule has 4 heteroatoms. The van der Waals surface area contributed by atoms with Crippen molar-refractivity contribution >= 4 is 0 Å². The highest BCUT2D eigenvalue weighted by atomic mass is 16.6. The lowest BCUT2D eigenvalue weighted by atomic mass is 10.2. The molecule has 2 aromatic rings. The summed E-state index contributed by atoms with van der Waals surface area (Å²) in [6.07, 6.45) is 3.72. The molecule has 2 heterocycles. The summed E-state index contributed by atoms with van der Waals surface area (Å²) in [5.74, 6) is 1.66. The molecule has 16 heavy (non-hydrogen) atoms. The minimum Gasteiger partial charge on any atom is -0.486 e. The van der Waals surface area contributed by atoms with E-state index in [-0.39, 0.29) is 0 Å². The van der Waals surface area contributed by atoms with Gasteiger partial charge in [0.1, 0.15) is 13.2 Å². The first-order valence-electron chi connectivity index (χ1n) is 5.28. The Balaban J connectivity index is 1.86. The monoisotopic (exact) mass is 216 g/mol. The fraction of sp³-hybridized carbons (Fsp3) is 0.250. The topological polar surface area (TPSA) is 36.3 Å². The summed E-state index contributed by atoms with van der Waals surface area (Å²) in [6, 6.07) is 7.91. The van der Waals surface area contributed by atoms with Crippen molar-refractivity contribution in [3.8, 4) is 11.5 Å². The summed E-state index contributed by atoms with van der Waals surface area (Å²) in [5, 5.41) is 4.17. The first kappa shape index (κ1) is 9.27. The van der Waals surface area contributed by atoms with E-state index in [1.165, 1.54) is 0 Å². The second-order valence-electron chi connectivity index (χ2n) is 3.68. The molecule has 0 spiro atoms. The molecule has 1 aliphatic heterocycles. The van der Waals surface area contributed by atoms with E-state index in [4.69, 9.17) is 9.47 Å². The molecule has 0 fully saturated rings. The third-order valence-corrected chi connectivity index (χ3v) is 2.51. The molecular formula is C12H12N2O2. The highest BCUT2D eigenvalue weighted by Crippen LogP contribution is 2.30. The zero-order valence-corrected chi connectivity index (χ0v) is 8.80. The van der Waals surface area contributed by atoms with E-state index in [0.717, 1.165) is 23.6 Å². The Bertz CT molecular complexity index is 480. The van der Waals surface area contributed by atoms with Crippen LogP contribution in [-0.2, 0) is 6.54 Å².